The van der Waals surface area contributed by atoms with Crippen LogP contribution in [-0.2, 0) is 0 Å². The lowest BCUT2D eigenvalue weighted by Crippen LogP contribution is -1.80. The van der Waals surface area contributed by atoms with E-state index in [0.717, 1.165) is 44.4 Å². The van der Waals surface area contributed by atoms with Crippen molar-refractivity contribution in [2.75, 3.05) is 0 Å². The minimum atomic E-state index is 0.843. The van der Waals surface area contributed by atoms with Gasteiger partial charge in [0.15, 0.2) is 0 Å². The number of furan rings is 2. The van der Waals surface area contributed by atoms with Crippen molar-refractivity contribution in [1.82, 2.24) is 0 Å². The van der Waals surface area contributed by atoms with Crippen LogP contribution in [0, 0.1) is 0 Å². The van der Waals surface area contributed by atoms with Crippen LogP contribution in [0.4, 0.5) is 0 Å². The number of benzene rings is 3. The van der Waals surface area contributed by atoms with Crippen LogP contribution >= 0.6 is 0 Å². The first kappa shape index (κ1) is 13.2. The Bertz CT molecular complexity index is 1130. The largest absolute Gasteiger partial charge is 0.464 e. The van der Waals surface area contributed by atoms with Crippen LogP contribution in [0.1, 0.15) is 0 Å². The molecule has 0 saturated carbocycles. The molecule has 0 fully saturated rings. The van der Waals surface area contributed by atoms with Crippen molar-refractivity contribution in [3.05, 3.63) is 85.1 Å². The molecule has 0 radical (unpaired) electrons. The SMILES string of the molecule is c1ccc(-c2oc3c(ccc4occc43)c2-c2ccccc2)cc1. The van der Waals surface area contributed by atoms with Crippen LogP contribution in [0.15, 0.2) is 94.0 Å². The monoisotopic (exact) mass is 310 g/mol. The predicted octanol–water partition coefficient (Wildman–Crippen LogP) is 6.51. The molecule has 2 nitrogen and oxygen atoms in total. The average molecular weight is 310 g/mol. The van der Waals surface area contributed by atoms with Crippen molar-refractivity contribution in [2.24, 2.45) is 0 Å². The van der Waals surface area contributed by atoms with Crippen molar-refractivity contribution in [3.63, 3.8) is 0 Å². The van der Waals surface area contributed by atoms with Crippen LogP contribution in [-0.4, -0.2) is 0 Å². The second-order valence-electron chi connectivity index (χ2n) is 5.81. The number of rotatable bonds is 2. The minimum absolute atomic E-state index is 0.843. The molecule has 2 heterocycles. The molecule has 5 rings (SSSR count). The second-order valence-corrected chi connectivity index (χ2v) is 5.81. The molecule has 2 heteroatoms. The summed E-state index contributed by atoms with van der Waals surface area (Å²) in [7, 11) is 0. The highest BCUT2D eigenvalue weighted by Gasteiger charge is 2.19. The summed E-state index contributed by atoms with van der Waals surface area (Å²) in [5.74, 6) is 0.894. The summed E-state index contributed by atoms with van der Waals surface area (Å²) in [5, 5.41) is 2.11. The Morgan fingerprint density at radius 3 is 2.04 bits per heavy atom. The zero-order valence-corrected chi connectivity index (χ0v) is 12.9. The summed E-state index contributed by atoms with van der Waals surface area (Å²) in [5.41, 5.74) is 5.07. The van der Waals surface area contributed by atoms with Gasteiger partial charge < -0.3 is 8.83 Å². The highest BCUT2D eigenvalue weighted by molar-refractivity contribution is 6.11. The Balaban J connectivity index is 1.93. The molecule has 0 atom stereocenters. The van der Waals surface area contributed by atoms with E-state index in [4.69, 9.17) is 8.83 Å². The fourth-order valence-corrected chi connectivity index (χ4v) is 3.28. The second kappa shape index (κ2) is 5.14. The molecule has 0 unspecified atom stereocenters. The number of hydrogen-bond acceptors (Lipinski definition) is 2. The van der Waals surface area contributed by atoms with Crippen molar-refractivity contribution in [1.29, 1.82) is 0 Å². The predicted molar refractivity (Wildman–Crippen MR) is 96.9 cm³/mol. The van der Waals surface area contributed by atoms with E-state index in [1.807, 2.05) is 36.4 Å². The van der Waals surface area contributed by atoms with E-state index in [0.29, 0.717) is 0 Å². The Kier molecular flexibility index (Phi) is 2.83. The van der Waals surface area contributed by atoms with Crippen molar-refractivity contribution >= 4 is 21.9 Å². The third kappa shape index (κ3) is 1.90. The molecular formula is C22H14O2. The maximum absolute atomic E-state index is 6.35. The van der Waals surface area contributed by atoms with Gasteiger partial charge in [0, 0.05) is 16.5 Å². The standard InChI is InChI=1S/C22H14O2/c1-3-7-15(8-4-1)20-18-11-12-19-17(13-14-23-19)22(18)24-21(20)16-9-5-2-6-10-16/h1-14H. The number of hydrogen-bond donors (Lipinski definition) is 0. The zero-order chi connectivity index (χ0) is 15.9. The van der Waals surface area contributed by atoms with Crippen molar-refractivity contribution in [2.45, 2.75) is 0 Å². The Morgan fingerprint density at radius 2 is 1.29 bits per heavy atom. The van der Waals surface area contributed by atoms with E-state index < -0.39 is 0 Å². The lowest BCUT2D eigenvalue weighted by atomic mass is 9.98. The van der Waals surface area contributed by atoms with Crippen LogP contribution in [0.5, 0.6) is 0 Å². The zero-order valence-electron chi connectivity index (χ0n) is 12.9. The van der Waals surface area contributed by atoms with E-state index in [2.05, 4.69) is 42.5 Å². The molecule has 0 N–H and O–H groups in total. The Morgan fingerprint density at radius 1 is 0.583 bits per heavy atom. The fourth-order valence-electron chi connectivity index (χ4n) is 3.28. The van der Waals surface area contributed by atoms with E-state index in [1.54, 1.807) is 6.26 Å². The van der Waals surface area contributed by atoms with Crippen LogP contribution < -0.4 is 0 Å². The summed E-state index contributed by atoms with van der Waals surface area (Å²) in [6.45, 7) is 0. The van der Waals surface area contributed by atoms with Gasteiger partial charge in [-0.3, -0.25) is 0 Å². The first-order valence-electron chi connectivity index (χ1n) is 7.95. The fraction of sp³-hybridized carbons (Fsp3) is 0. The summed E-state index contributed by atoms with van der Waals surface area (Å²) >= 11 is 0. The topological polar surface area (TPSA) is 26.3 Å². The summed E-state index contributed by atoms with van der Waals surface area (Å²) in [6.07, 6.45) is 1.71. The smallest absolute Gasteiger partial charge is 0.146 e. The summed E-state index contributed by atoms with van der Waals surface area (Å²) in [4.78, 5) is 0. The maximum atomic E-state index is 6.35. The lowest BCUT2D eigenvalue weighted by molar-refractivity contribution is 0.614. The molecule has 114 valence electrons. The minimum Gasteiger partial charge on any atom is -0.464 e. The van der Waals surface area contributed by atoms with Crippen molar-refractivity contribution in [3.8, 4) is 22.5 Å². The summed E-state index contributed by atoms with van der Waals surface area (Å²) in [6, 6.07) is 26.7. The van der Waals surface area contributed by atoms with E-state index in [9.17, 15) is 0 Å². The van der Waals surface area contributed by atoms with Gasteiger partial charge in [0.1, 0.15) is 16.9 Å². The van der Waals surface area contributed by atoms with Gasteiger partial charge >= 0.3 is 0 Å². The van der Waals surface area contributed by atoms with Gasteiger partial charge in [-0.15, -0.1) is 0 Å². The molecule has 5 aromatic rings. The van der Waals surface area contributed by atoms with Crippen LogP contribution in [0.25, 0.3) is 44.4 Å². The van der Waals surface area contributed by atoms with Gasteiger partial charge in [0.2, 0.25) is 0 Å². The Hall–Kier alpha value is -3.26. The van der Waals surface area contributed by atoms with Gasteiger partial charge in [0.25, 0.3) is 0 Å². The third-order valence-corrected chi connectivity index (χ3v) is 4.38. The molecule has 0 spiro atoms. The molecule has 2 aromatic heterocycles. The molecule has 0 amide bonds. The number of fused-ring (bicyclic) bond motifs is 3. The molecule has 0 aliphatic heterocycles. The molecule has 3 aromatic carbocycles. The van der Waals surface area contributed by atoms with Crippen LogP contribution in [0.3, 0.4) is 0 Å². The third-order valence-electron chi connectivity index (χ3n) is 4.38. The quantitative estimate of drug-likeness (QED) is 0.371. The van der Waals surface area contributed by atoms with Gasteiger partial charge in [-0.25, -0.2) is 0 Å². The Labute approximate surface area is 138 Å². The molecule has 24 heavy (non-hydrogen) atoms. The maximum Gasteiger partial charge on any atom is 0.146 e. The van der Waals surface area contributed by atoms with Gasteiger partial charge in [0.05, 0.1) is 11.6 Å². The molecule has 0 bridgehead atoms. The van der Waals surface area contributed by atoms with Crippen LogP contribution in [0.2, 0.25) is 0 Å². The summed E-state index contributed by atoms with van der Waals surface area (Å²) < 4.78 is 11.9. The normalized spacial score (nSPS) is 11.3. The first-order chi connectivity index (χ1) is 11.9. The molecule has 0 saturated heterocycles. The van der Waals surface area contributed by atoms with Gasteiger partial charge in [-0.05, 0) is 23.8 Å². The highest BCUT2D eigenvalue weighted by Crippen LogP contribution is 2.43. The lowest BCUT2D eigenvalue weighted by Gasteiger charge is -2.03. The first-order valence-corrected chi connectivity index (χ1v) is 7.95. The average Bonchev–Trinajstić information content (AvgIpc) is 3.27. The molecule has 0 aliphatic carbocycles. The van der Waals surface area contributed by atoms with Gasteiger partial charge in [-0.1, -0.05) is 60.7 Å². The highest BCUT2D eigenvalue weighted by atomic mass is 16.3. The van der Waals surface area contributed by atoms with Crippen molar-refractivity contribution < 1.29 is 8.83 Å². The van der Waals surface area contributed by atoms with E-state index >= 15 is 0 Å². The van der Waals surface area contributed by atoms with E-state index in [1.165, 1.54) is 0 Å². The van der Waals surface area contributed by atoms with E-state index in [-0.39, 0.29) is 0 Å². The van der Waals surface area contributed by atoms with Gasteiger partial charge in [-0.2, -0.15) is 0 Å². The molecule has 0 aliphatic rings. The molecular weight excluding hydrogens is 296 g/mol.